The van der Waals surface area contributed by atoms with E-state index in [-0.39, 0.29) is 0 Å². The highest BCUT2D eigenvalue weighted by Gasteiger charge is 2.10. The predicted molar refractivity (Wildman–Crippen MR) is 76.0 cm³/mol. The fourth-order valence-corrected chi connectivity index (χ4v) is 2.19. The molecule has 0 saturated carbocycles. The quantitative estimate of drug-likeness (QED) is 0.604. The number of aromatic nitrogens is 4. The molecule has 3 aromatic rings. The molecule has 0 aliphatic carbocycles. The number of H-pyrrole nitrogens is 1. The largest absolute Gasteiger partial charge is 0.369 e. The van der Waals surface area contributed by atoms with E-state index in [2.05, 4.69) is 25.3 Å². The second-order valence-electron chi connectivity index (χ2n) is 4.41. The zero-order valence-corrected chi connectivity index (χ0v) is 10.6. The fraction of sp³-hybridized carbons (Fsp3) is 0.308. The van der Waals surface area contributed by atoms with Crippen molar-refractivity contribution < 1.29 is 0 Å². The summed E-state index contributed by atoms with van der Waals surface area (Å²) in [7, 11) is 0. The lowest BCUT2D eigenvalue weighted by atomic mass is 10.2. The lowest BCUT2D eigenvalue weighted by Gasteiger charge is -2.05. The van der Waals surface area contributed by atoms with E-state index in [1.807, 2.05) is 6.07 Å². The van der Waals surface area contributed by atoms with Crippen LogP contribution in [0.4, 0.5) is 5.82 Å². The monoisotopic (exact) mass is 256 g/mol. The number of unbranched alkanes of at least 4 members (excludes halogenated alkanes) is 1. The highest BCUT2D eigenvalue weighted by molar-refractivity contribution is 6.10. The van der Waals surface area contributed by atoms with Crippen molar-refractivity contribution in [2.24, 2.45) is 5.73 Å². The molecule has 0 atom stereocenters. The minimum atomic E-state index is 0.722. The predicted octanol–water partition coefficient (Wildman–Crippen LogP) is 1.66. The van der Waals surface area contributed by atoms with Gasteiger partial charge in [-0.25, -0.2) is 9.97 Å². The van der Waals surface area contributed by atoms with Crippen LogP contribution < -0.4 is 11.1 Å². The number of hydrogen-bond acceptors (Lipinski definition) is 5. The molecular weight excluding hydrogens is 240 g/mol. The number of nitrogens with one attached hydrogen (secondary N) is 2. The number of hydrogen-bond donors (Lipinski definition) is 3. The molecule has 98 valence electrons. The van der Waals surface area contributed by atoms with Crippen molar-refractivity contribution in [1.82, 2.24) is 19.9 Å². The normalized spacial score (nSPS) is 11.2. The van der Waals surface area contributed by atoms with Crippen molar-refractivity contribution in [2.45, 2.75) is 12.8 Å². The highest BCUT2D eigenvalue weighted by Crippen LogP contribution is 2.27. The van der Waals surface area contributed by atoms with E-state index in [4.69, 9.17) is 5.73 Å². The van der Waals surface area contributed by atoms with Crippen LogP contribution in [0.1, 0.15) is 12.8 Å². The van der Waals surface area contributed by atoms with Gasteiger partial charge in [-0.1, -0.05) is 0 Å². The van der Waals surface area contributed by atoms with E-state index >= 15 is 0 Å². The molecule has 0 saturated heterocycles. The van der Waals surface area contributed by atoms with E-state index in [0.717, 1.165) is 53.7 Å². The third-order valence-corrected chi connectivity index (χ3v) is 3.11. The van der Waals surface area contributed by atoms with Gasteiger partial charge in [-0.3, -0.25) is 4.98 Å². The first-order chi connectivity index (χ1) is 9.40. The lowest BCUT2D eigenvalue weighted by Crippen LogP contribution is -2.07. The maximum absolute atomic E-state index is 5.49. The molecular formula is C13H16N6. The molecule has 3 rings (SSSR count). The SMILES string of the molecule is NCCCCNc1ncnc2[nH]c3cnccc3c12. The topological polar surface area (TPSA) is 92.5 Å². The van der Waals surface area contributed by atoms with Gasteiger partial charge in [0.25, 0.3) is 0 Å². The lowest BCUT2D eigenvalue weighted by molar-refractivity contribution is 0.773. The standard InChI is InChI=1S/C13H16N6/c14-4-1-2-5-16-12-11-9-3-6-15-7-10(9)19-13(11)18-8-17-12/h3,6-8H,1-2,4-5,14H2,(H2,16,17,18,19). The van der Waals surface area contributed by atoms with Gasteiger partial charge >= 0.3 is 0 Å². The van der Waals surface area contributed by atoms with Crippen molar-refractivity contribution in [3.8, 4) is 0 Å². The van der Waals surface area contributed by atoms with Crippen molar-refractivity contribution in [3.63, 3.8) is 0 Å². The van der Waals surface area contributed by atoms with Crippen LogP contribution >= 0.6 is 0 Å². The maximum Gasteiger partial charge on any atom is 0.143 e. The van der Waals surface area contributed by atoms with E-state index in [1.54, 1.807) is 18.7 Å². The second kappa shape index (κ2) is 5.19. The van der Waals surface area contributed by atoms with E-state index < -0.39 is 0 Å². The van der Waals surface area contributed by atoms with Crippen LogP contribution in [-0.2, 0) is 0 Å². The summed E-state index contributed by atoms with van der Waals surface area (Å²) >= 11 is 0. The second-order valence-corrected chi connectivity index (χ2v) is 4.41. The molecule has 0 radical (unpaired) electrons. The fourth-order valence-electron chi connectivity index (χ4n) is 2.19. The Labute approximate surface area is 110 Å². The van der Waals surface area contributed by atoms with Crippen LogP contribution in [0.3, 0.4) is 0 Å². The van der Waals surface area contributed by atoms with Crippen LogP contribution in [0.15, 0.2) is 24.8 Å². The summed E-state index contributed by atoms with van der Waals surface area (Å²) in [4.78, 5) is 16.0. The number of aromatic amines is 1. The van der Waals surface area contributed by atoms with Gasteiger partial charge in [0.15, 0.2) is 0 Å². The summed E-state index contributed by atoms with van der Waals surface area (Å²) in [5.41, 5.74) is 7.30. The van der Waals surface area contributed by atoms with E-state index in [9.17, 15) is 0 Å². The van der Waals surface area contributed by atoms with Gasteiger partial charge < -0.3 is 16.0 Å². The van der Waals surface area contributed by atoms with Crippen molar-refractivity contribution in [3.05, 3.63) is 24.8 Å². The molecule has 3 aromatic heterocycles. The number of nitrogens with zero attached hydrogens (tertiary/aromatic N) is 3. The van der Waals surface area contributed by atoms with E-state index in [0.29, 0.717) is 0 Å². The Bertz CT molecular complexity index is 690. The molecule has 0 bridgehead atoms. The molecule has 0 fully saturated rings. The van der Waals surface area contributed by atoms with Crippen molar-refractivity contribution >= 4 is 27.8 Å². The van der Waals surface area contributed by atoms with Gasteiger partial charge in [0.05, 0.1) is 17.1 Å². The van der Waals surface area contributed by atoms with E-state index in [1.165, 1.54) is 0 Å². The van der Waals surface area contributed by atoms with Gasteiger partial charge in [0, 0.05) is 18.1 Å². The van der Waals surface area contributed by atoms with Crippen LogP contribution in [-0.4, -0.2) is 33.0 Å². The van der Waals surface area contributed by atoms with Gasteiger partial charge in [0.2, 0.25) is 0 Å². The molecule has 0 aromatic carbocycles. The molecule has 0 spiro atoms. The Kier molecular flexibility index (Phi) is 3.24. The smallest absolute Gasteiger partial charge is 0.143 e. The minimum absolute atomic E-state index is 0.722. The Hall–Kier alpha value is -2.21. The van der Waals surface area contributed by atoms with Crippen molar-refractivity contribution in [1.29, 1.82) is 0 Å². The number of rotatable bonds is 5. The third-order valence-electron chi connectivity index (χ3n) is 3.11. The number of pyridine rings is 1. The van der Waals surface area contributed by atoms with Crippen LogP contribution in [0, 0.1) is 0 Å². The molecule has 0 aliphatic rings. The van der Waals surface area contributed by atoms with Gasteiger partial charge in [-0.05, 0) is 25.5 Å². The number of fused-ring (bicyclic) bond motifs is 3. The summed E-state index contributed by atoms with van der Waals surface area (Å²) in [6, 6.07) is 1.97. The summed E-state index contributed by atoms with van der Waals surface area (Å²) < 4.78 is 0. The highest BCUT2D eigenvalue weighted by atomic mass is 15.0. The molecule has 0 aliphatic heterocycles. The summed E-state index contributed by atoms with van der Waals surface area (Å²) in [6.07, 6.45) is 7.19. The number of nitrogens with two attached hydrogens (primary N) is 1. The Morgan fingerprint density at radius 2 is 2.21 bits per heavy atom. The molecule has 6 heteroatoms. The maximum atomic E-state index is 5.49. The van der Waals surface area contributed by atoms with Gasteiger partial charge in [0.1, 0.15) is 17.8 Å². The summed E-state index contributed by atoms with van der Waals surface area (Å²) in [5, 5.41) is 5.46. The van der Waals surface area contributed by atoms with Gasteiger partial charge in [-0.15, -0.1) is 0 Å². The molecule has 4 N–H and O–H groups in total. The Morgan fingerprint density at radius 1 is 1.26 bits per heavy atom. The first kappa shape index (κ1) is 11.9. The molecule has 0 unspecified atom stereocenters. The Balaban J connectivity index is 1.99. The summed E-state index contributed by atoms with van der Waals surface area (Å²) in [5.74, 6) is 0.861. The van der Waals surface area contributed by atoms with Crippen LogP contribution in [0.5, 0.6) is 0 Å². The summed E-state index contributed by atoms with van der Waals surface area (Å²) in [6.45, 7) is 1.58. The average Bonchev–Trinajstić information content (AvgIpc) is 2.83. The zero-order valence-electron chi connectivity index (χ0n) is 10.6. The Morgan fingerprint density at radius 3 is 3.11 bits per heavy atom. The first-order valence-corrected chi connectivity index (χ1v) is 6.40. The van der Waals surface area contributed by atoms with Crippen LogP contribution in [0.25, 0.3) is 21.9 Å². The molecule has 19 heavy (non-hydrogen) atoms. The molecule has 6 nitrogen and oxygen atoms in total. The number of anilines is 1. The average molecular weight is 256 g/mol. The van der Waals surface area contributed by atoms with Crippen LogP contribution in [0.2, 0.25) is 0 Å². The van der Waals surface area contributed by atoms with Crippen molar-refractivity contribution in [2.75, 3.05) is 18.4 Å². The third kappa shape index (κ3) is 2.22. The zero-order chi connectivity index (χ0) is 13.1. The van der Waals surface area contributed by atoms with Gasteiger partial charge in [-0.2, -0.15) is 0 Å². The minimum Gasteiger partial charge on any atom is -0.369 e. The first-order valence-electron chi connectivity index (χ1n) is 6.40. The molecule has 0 amide bonds. The molecule has 3 heterocycles.